The fourth-order valence-corrected chi connectivity index (χ4v) is 7.72. The molecule has 53 heavy (non-hydrogen) atoms. The maximum Gasteiger partial charge on any atom is 0.348 e. The Hall–Kier alpha value is -4.83. The van der Waals surface area contributed by atoms with Crippen LogP contribution in [-0.2, 0) is 6.42 Å². The number of ether oxygens (including phenoxy) is 2. The van der Waals surface area contributed by atoms with Crippen molar-refractivity contribution < 1.29 is 24.1 Å². The average molecular weight is 753 g/mol. The number of allylic oxidation sites excluding steroid dienone is 2. The first-order valence-corrected chi connectivity index (χ1v) is 18.7. The van der Waals surface area contributed by atoms with Gasteiger partial charge in [0.1, 0.15) is 39.5 Å². The first kappa shape index (κ1) is 37.9. The Kier molecular flexibility index (Phi) is 11.2. The molecule has 2 aliphatic heterocycles. The van der Waals surface area contributed by atoms with Gasteiger partial charge < -0.3 is 33.9 Å². The van der Waals surface area contributed by atoms with E-state index in [0.29, 0.717) is 34.4 Å². The number of phenols is 1. The van der Waals surface area contributed by atoms with Crippen LogP contribution in [0, 0.1) is 0 Å². The van der Waals surface area contributed by atoms with E-state index in [1.54, 1.807) is 12.1 Å². The summed E-state index contributed by atoms with van der Waals surface area (Å²) in [4.78, 5) is 20.2. The second kappa shape index (κ2) is 15.6. The van der Waals surface area contributed by atoms with Gasteiger partial charge in [0.25, 0.3) is 0 Å². The Morgan fingerprint density at radius 3 is 2.43 bits per heavy atom. The van der Waals surface area contributed by atoms with Crippen molar-refractivity contribution in [3.8, 4) is 34.1 Å². The van der Waals surface area contributed by atoms with E-state index in [-0.39, 0.29) is 22.6 Å². The van der Waals surface area contributed by atoms with Crippen LogP contribution in [0.2, 0.25) is 5.02 Å². The minimum atomic E-state index is -0.694. The molecular weight excluding hydrogens is 708 g/mol. The quantitative estimate of drug-likeness (QED) is 0.119. The lowest BCUT2D eigenvalue weighted by molar-refractivity contribution is 0.157. The van der Waals surface area contributed by atoms with Crippen LogP contribution in [0.25, 0.3) is 28.2 Å². The van der Waals surface area contributed by atoms with Crippen molar-refractivity contribution in [2.24, 2.45) is 0 Å². The number of halogens is 1. The highest BCUT2D eigenvalue weighted by atomic mass is 35.5. The number of methoxy groups -OCH3 is 1. The molecule has 7 rings (SSSR count). The van der Waals surface area contributed by atoms with Crippen molar-refractivity contribution in [3.05, 3.63) is 111 Å². The number of hydrogen-bond acceptors (Lipinski definition) is 9. The number of nitrogens with zero attached hydrogens (tertiary/aromatic N) is 2. The summed E-state index contributed by atoms with van der Waals surface area (Å²) in [7, 11) is 5.75. The number of benzene rings is 4. The third-order valence-corrected chi connectivity index (χ3v) is 10.4. The molecule has 0 atom stereocenters. The number of phenolic OH excluding ortho intramolecular Hbond substituents is 1. The zero-order valence-corrected chi connectivity index (χ0v) is 32.7. The first-order chi connectivity index (χ1) is 25.3. The third-order valence-electron chi connectivity index (χ3n) is 9.03. The van der Waals surface area contributed by atoms with E-state index in [1.807, 2.05) is 57.7 Å². The second-order valence-corrected chi connectivity index (χ2v) is 15.7. The lowest BCUT2D eigenvalue weighted by atomic mass is 9.93. The highest BCUT2D eigenvalue weighted by molar-refractivity contribution is 7.99. The Morgan fingerprint density at radius 1 is 1.02 bits per heavy atom. The Balaban J connectivity index is 0.000000198. The van der Waals surface area contributed by atoms with Crippen molar-refractivity contribution in [1.29, 1.82) is 0 Å². The zero-order chi connectivity index (χ0) is 38.0. The fraction of sp³-hybridized carbons (Fsp3) is 0.279. The van der Waals surface area contributed by atoms with Crippen LogP contribution >= 0.6 is 23.4 Å². The lowest BCUT2D eigenvalue weighted by Crippen LogP contribution is -2.28. The summed E-state index contributed by atoms with van der Waals surface area (Å²) >= 11 is 8.03. The summed E-state index contributed by atoms with van der Waals surface area (Å²) in [5.74, 6) is 0.778. The van der Waals surface area contributed by atoms with Gasteiger partial charge in [0, 0.05) is 26.9 Å². The molecule has 0 radical (unpaired) electrons. The van der Waals surface area contributed by atoms with E-state index in [2.05, 4.69) is 66.4 Å². The molecule has 0 aliphatic carbocycles. The van der Waals surface area contributed by atoms with E-state index in [1.165, 1.54) is 40.4 Å². The number of aromatic hydroxyl groups is 2. The van der Waals surface area contributed by atoms with Gasteiger partial charge in [-0.2, -0.15) is 0 Å². The van der Waals surface area contributed by atoms with Gasteiger partial charge in [0.2, 0.25) is 0 Å². The molecule has 0 spiro atoms. The molecule has 0 saturated heterocycles. The predicted molar refractivity (Wildman–Crippen MR) is 217 cm³/mol. The fourth-order valence-electron chi connectivity index (χ4n) is 6.48. The molecule has 0 fully saturated rings. The summed E-state index contributed by atoms with van der Waals surface area (Å²) < 4.78 is 17.8. The van der Waals surface area contributed by atoms with Gasteiger partial charge in [-0.3, -0.25) is 0 Å². The molecule has 0 saturated carbocycles. The largest absolute Gasteiger partial charge is 0.508 e. The van der Waals surface area contributed by atoms with Crippen molar-refractivity contribution in [2.75, 3.05) is 39.2 Å². The zero-order valence-electron chi connectivity index (χ0n) is 31.1. The molecule has 10 heteroatoms. The number of para-hydroxylation sites is 1. The number of hydrogen-bond donors (Lipinski definition) is 2. The summed E-state index contributed by atoms with van der Waals surface area (Å²) in [5, 5.41) is 22.0. The van der Waals surface area contributed by atoms with Crippen molar-refractivity contribution in [3.63, 3.8) is 0 Å². The van der Waals surface area contributed by atoms with Crippen LogP contribution in [0.1, 0.15) is 45.2 Å². The third kappa shape index (κ3) is 8.08. The van der Waals surface area contributed by atoms with Gasteiger partial charge in [-0.25, -0.2) is 4.79 Å². The van der Waals surface area contributed by atoms with Crippen molar-refractivity contribution in [1.82, 2.24) is 4.90 Å². The number of rotatable bonds is 8. The van der Waals surface area contributed by atoms with Crippen LogP contribution < -0.4 is 20.0 Å². The monoisotopic (exact) mass is 752 g/mol. The smallest absolute Gasteiger partial charge is 0.348 e. The van der Waals surface area contributed by atoms with Gasteiger partial charge in [-0.1, -0.05) is 59.3 Å². The Labute approximate surface area is 319 Å². The van der Waals surface area contributed by atoms with E-state index in [0.717, 1.165) is 35.7 Å². The topological polar surface area (TPSA) is 95.6 Å². The molecule has 3 heterocycles. The van der Waals surface area contributed by atoms with Crippen LogP contribution in [-0.4, -0.2) is 55.0 Å². The van der Waals surface area contributed by atoms with Crippen LogP contribution in [0.3, 0.4) is 0 Å². The minimum Gasteiger partial charge on any atom is -0.508 e. The highest BCUT2D eigenvalue weighted by Crippen LogP contribution is 2.50. The Morgan fingerprint density at radius 2 is 1.74 bits per heavy atom. The van der Waals surface area contributed by atoms with E-state index in [4.69, 9.17) is 25.5 Å². The Bertz CT molecular complexity index is 2270. The molecule has 4 aromatic carbocycles. The lowest BCUT2D eigenvalue weighted by Gasteiger charge is -2.33. The van der Waals surface area contributed by atoms with Gasteiger partial charge in [-0.05, 0) is 121 Å². The molecule has 0 amide bonds. The molecule has 2 aliphatic rings. The molecule has 276 valence electrons. The molecule has 5 aromatic rings. The van der Waals surface area contributed by atoms with Gasteiger partial charge in [-0.15, -0.1) is 0 Å². The standard InChI is InChI=1S/C26H26O6.C17H19ClN2S/c1-14(2)6-11-17-22-18(12-13-26(3,4)32-22)24-20(23(17)30-5)21(28)19(25(29)31-24)15-7-9-16(27)10-8-15;1-19(2)10-5-11-20-14-6-3-4-7-16(14)21-17-9-8-13(18)12-15(17)20/h6-10,12-13,27-28H,11H2,1-5H3;3-4,6-9,12H,5,10-11H2,1-2H3. The van der Waals surface area contributed by atoms with Crippen molar-refractivity contribution >= 4 is 51.8 Å². The molecule has 2 N–H and O–H groups in total. The van der Waals surface area contributed by atoms with Gasteiger partial charge in [0.15, 0.2) is 5.58 Å². The van der Waals surface area contributed by atoms with Crippen LogP contribution in [0.5, 0.6) is 23.0 Å². The second-order valence-electron chi connectivity index (χ2n) is 14.1. The summed E-state index contributed by atoms with van der Waals surface area (Å²) in [5.41, 5.74) is 4.37. The molecule has 1 aromatic heterocycles. The number of anilines is 2. The van der Waals surface area contributed by atoms with Crippen molar-refractivity contribution in [2.45, 2.75) is 55.9 Å². The van der Waals surface area contributed by atoms with Gasteiger partial charge in [0.05, 0.1) is 24.0 Å². The molecule has 8 nitrogen and oxygen atoms in total. The number of fused-ring (bicyclic) bond motifs is 5. The highest BCUT2D eigenvalue weighted by Gasteiger charge is 2.32. The predicted octanol–water partition coefficient (Wildman–Crippen LogP) is 10.5. The maximum absolute atomic E-state index is 12.9. The summed E-state index contributed by atoms with van der Waals surface area (Å²) in [6.07, 6.45) is 7.43. The first-order valence-electron chi connectivity index (χ1n) is 17.5. The van der Waals surface area contributed by atoms with E-state index < -0.39 is 11.2 Å². The summed E-state index contributed by atoms with van der Waals surface area (Å²) in [6, 6.07) is 20.8. The summed E-state index contributed by atoms with van der Waals surface area (Å²) in [6.45, 7) is 9.98. The van der Waals surface area contributed by atoms with E-state index in [9.17, 15) is 15.0 Å². The maximum atomic E-state index is 12.9. The van der Waals surface area contributed by atoms with Gasteiger partial charge >= 0.3 is 5.63 Å². The normalized spacial score (nSPS) is 13.7. The average Bonchev–Trinajstić information content (AvgIpc) is 3.11. The van der Waals surface area contributed by atoms with E-state index >= 15 is 0 Å². The van der Waals surface area contributed by atoms with Crippen LogP contribution in [0.15, 0.2) is 103 Å². The molecular formula is C43H45ClN2O6S. The molecule has 0 bridgehead atoms. The molecule has 0 unspecified atom stereocenters. The minimum absolute atomic E-state index is 0.00458. The SMILES string of the molecule is CN(C)CCCN1c2ccccc2Sc2ccc(Cl)cc21.COc1c(CC=C(C)C)c2c(c3oc(=O)c(-c4ccc(O)cc4)c(O)c13)C=CC(C)(C)O2. The van der Waals surface area contributed by atoms with Crippen LogP contribution in [0.4, 0.5) is 11.4 Å².